The van der Waals surface area contributed by atoms with Gasteiger partial charge >= 0.3 is 6.09 Å². The third-order valence-corrected chi connectivity index (χ3v) is 4.99. The van der Waals surface area contributed by atoms with Gasteiger partial charge in [0.1, 0.15) is 6.04 Å². The Morgan fingerprint density at radius 2 is 1.90 bits per heavy atom. The third-order valence-electron chi connectivity index (χ3n) is 4.99. The molecule has 0 bridgehead atoms. The molecular formula is C16H28N2O3. The van der Waals surface area contributed by atoms with Gasteiger partial charge in [0, 0.05) is 12.1 Å². The summed E-state index contributed by atoms with van der Waals surface area (Å²) >= 11 is 0. The van der Waals surface area contributed by atoms with Crippen LogP contribution in [0.4, 0.5) is 4.79 Å². The number of nitrogens with one attached hydrogen (secondary N) is 1. The number of hydrogen-bond donors (Lipinski definition) is 1. The fourth-order valence-corrected chi connectivity index (χ4v) is 3.95. The third kappa shape index (κ3) is 3.33. The lowest BCUT2D eigenvalue weighted by Crippen LogP contribution is -2.54. The van der Waals surface area contributed by atoms with Crippen LogP contribution in [0.1, 0.15) is 52.9 Å². The van der Waals surface area contributed by atoms with E-state index in [9.17, 15) is 9.59 Å². The predicted octanol–water partition coefficient (Wildman–Crippen LogP) is 2.55. The van der Waals surface area contributed by atoms with Crippen molar-refractivity contribution in [2.75, 3.05) is 7.11 Å². The van der Waals surface area contributed by atoms with E-state index in [4.69, 9.17) is 0 Å². The molecule has 1 saturated heterocycles. The summed E-state index contributed by atoms with van der Waals surface area (Å²) in [5.74, 6) is 0.743. The number of hydrogen-bond acceptors (Lipinski definition) is 3. The number of likely N-dealkylation sites (tertiary alicyclic amines) is 1. The van der Waals surface area contributed by atoms with E-state index in [0.717, 1.165) is 12.8 Å². The van der Waals surface area contributed by atoms with Crippen LogP contribution >= 0.6 is 0 Å². The number of ether oxygens (including phenoxy) is 1. The van der Waals surface area contributed by atoms with Crippen LogP contribution in [0.15, 0.2) is 0 Å². The summed E-state index contributed by atoms with van der Waals surface area (Å²) in [6.07, 6.45) is 5.38. The van der Waals surface area contributed by atoms with Gasteiger partial charge in [-0.15, -0.1) is 0 Å². The number of fused-ring (bicyclic) bond motifs is 1. The van der Waals surface area contributed by atoms with Crippen molar-refractivity contribution in [3.8, 4) is 0 Å². The number of amides is 2. The van der Waals surface area contributed by atoms with E-state index in [2.05, 4.69) is 17.0 Å². The molecule has 120 valence electrons. The number of carbonyl (C=O) groups is 2. The molecule has 2 aliphatic rings. The van der Waals surface area contributed by atoms with Crippen LogP contribution in [0, 0.1) is 11.8 Å². The molecule has 2 rings (SSSR count). The Balaban J connectivity index is 2.13. The minimum Gasteiger partial charge on any atom is -0.453 e. The second-order valence-corrected chi connectivity index (χ2v) is 6.80. The summed E-state index contributed by atoms with van der Waals surface area (Å²) in [6.45, 7) is 6.04. The first-order chi connectivity index (χ1) is 9.95. The zero-order valence-electron chi connectivity index (χ0n) is 13.6. The van der Waals surface area contributed by atoms with E-state index < -0.39 is 12.1 Å². The highest BCUT2D eigenvalue weighted by atomic mass is 16.5. The molecule has 0 unspecified atom stereocenters. The van der Waals surface area contributed by atoms with Crippen LogP contribution in [-0.4, -0.2) is 42.1 Å². The van der Waals surface area contributed by atoms with Crippen molar-refractivity contribution in [3.63, 3.8) is 0 Å². The van der Waals surface area contributed by atoms with Crippen molar-refractivity contribution in [2.45, 2.75) is 71.0 Å². The number of alkyl carbamates (subject to hydrolysis) is 1. The first kappa shape index (κ1) is 16.1. The SMILES string of the molecule is COC(=O)N[C@H](C(=O)N1[C@H](C)C[C@H]2CCCC[C@H]21)C(C)C. The maximum absolute atomic E-state index is 13.0. The molecule has 1 heterocycles. The maximum Gasteiger partial charge on any atom is 0.407 e. The second kappa shape index (κ2) is 6.67. The van der Waals surface area contributed by atoms with Gasteiger partial charge in [-0.3, -0.25) is 4.79 Å². The average molecular weight is 296 g/mol. The first-order valence-corrected chi connectivity index (χ1v) is 8.12. The summed E-state index contributed by atoms with van der Waals surface area (Å²) in [5, 5.41) is 2.71. The fourth-order valence-electron chi connectivity index (χ4n) is 3.95. The van der Waals surface area contributed by atoms with Gasteiger partial charge in [-0.2, -0.15) is 0 Å². The molecule has 0 radical (unpaired) electrons. The van der Waals surface area contributed by atoms with Crippen molar-refractivity contribution in [1.82, 2.24) is 10.2 Å². The molecule has 2 fully saturated rings. The van der Waals surface area contributed by atoms with Gasteiger partial charge in [0.05, 0.1) is 7.11 Å². The van der Waals surface area contributed by atoms with E-state index in [0.29, 0.717) is 12.0 Å². The lowest BCUT2D eigenvalue weighted by molar-refractivity contribution is -0.137. The highest BCUT2D eigenvalue weighted by Gasteiger charge is 2.44. The number of nitrogens with zero attached hydrogens (tertiary/aromatic N) is 1. The lowest BCUT2D eigenvalue weighted by atomic mass is 9.84. The van der Waals surface area contributed by atoms with Crippen molar-refractivity contribution < 1.29 is 14.3 Å². The quantitative estimate of drug-likeness (QED) is 0.870. The Kier molecular flexibility index (Phi) is 5.12. The van der Waals surface area contributed by atoms with Gasteiger partial charge in [0.2, 0.25) is 5.91 Å². The highest BCUT2D eigenvalue weighted by molar-refractivity contribution is 5.86. The van der Waals surface area contributed by atoms with E-state index in [1.807, 2.05) is 18.7 Å². The predicted molar refractivity (Wildman–Crippen MR) is 80.8 cm³/mol. The van der Waals surface area contributed by atoms with Crippen molar-refractivity contribution in [2.24, 2.45) is 11.8 Å². The summed E-state index contributed by atoms with van der Waals surface area (Å²) in [5.41, 5.74) is 0. The monoisotopic (exact) mass is 296 g/mol. The van der Waals surface area contributed by atoms with Gasteiger partial charge < -0.3 is 15.0 Å². The molecule has 0 aromatic rings. The minimum atomic E-state index is -0.533. The van der Waals surface area contributed by atoms with Crippen LogP contribution in [0.2, 0.25) is 0 Å². The molecule has 5 nitrogen and oxygen atoms in total. The normalized spacial score (nSPS) is 30.0. The topological polar surface area (TPSA) is 58.6 Å². The Morgan fingerprint density at radius 1 is 1.24 bits per heavy atom. The van der Waals surface area contributed by atoms with Gasteiger partial charge in [-0.1, -0.05) is 26.7 Å². The molecule has 21 heavy (non-hydrogen) atoms. The summed E-state index contributed by atoms with van der Waals surface area (Å²) in [6, 6.07) is 0.133. The molecular weight excluding hydrogens is 268 g/mol. The van der Waals surface area contributed by atoms with Crippen LogP contribution < -0.4 is 5.32 Å². The van der Waals surface area contributed by atoms with Crippen LogP contribution in [-0.2, 0) is 9.53 Å². The molecule has 4 atom stereocenters. The molecule has 5 heteroatoms. The van der Waals surface area contributed by atoms with E-state index in [1.165, 1.54) is 26.4 Å². The Bertz CT molecular complexity index is 397. The van der Waals surface area contributed by atoms with E-state index >= 15 is 0 Å². The summed E-state index contributed by atoms with van der Waals surface area (Å²) in [4.78, 5) is 26.5. The smallest absolute Gasteiger partial charge is 0.407 e. The Morgan fingerprint density at radius 3 is 2.52 bits per heavy atom. The average Bonchev–Trinajstić information content (AvgIpc) is 2.79. The molecule has 1 saturated carbocycles. The molecule has 0 aromatic carbocycles. The van der Waals surface area contributed by atoms with Gasteiger partial charge in [0.15, 0.2) is 0 Å². The van der Waals surface area contributed by atoms with Crippen LogP contribution in [0.5, 0.6) is 0 Å². The number of carbonyl (C=O) groups excluding carboxylic acids is 2. The van der Waals surface area contributed by atoms with E-state index in [-0.39, 0.29) is 17.9 Å². The molecule has 0 aromatic heterocycles. The molecule has 2 amide bonds. The molecule has 1 aliphatic carbocycles. The number of rotatable bonds is 3. The highest BCUT2D eigenvalue weighted by Crippen LogP contribution is 2.40. The maximum atomic E-state index is 13.0. The van der Waals surface area contributed by atoms with Gasteiger partial charge in [0.25, 0.3) is 0 Å². The second-order valence-electron chi connectivity index (χ2n) is 6.80. The Hall–Kier alpha value is -1.26. The standard InChI is InChI=1S/C16H28N2O3/c1-10(2)14(17-16(20)21-4)15(19)18-11(3)9-12-7-5-6-8-13(12)18/h10-14H,5-9H2,1-4H3,(H,17,20)/t11-,12-,13-,14+/m1/s1. The fraction of sp³-hybridized carbons (Fsp3) is 0.875. The van der Waals surface area contributed by atoms with Crippen molar-refractivity contribution in [1.29, 1.82) is 0 Å². The Labute approximate surface area is 127 Å². The minimum absolute atomic E-state index is 0.0476. The lowest BCUT2D eigenvalue weighted by Gasteiger charge is -2.36. The molecule has 0 spiro atoms. The van der Waals surface area contributed by atoms with Crippen LogP contribution in [0.3, 0.4) is 0 Å². The zero-order chi connectivity index (χ0) is 15.6. The largest absolute Gasteiger partial charge is 0.453 e. The van der Waals surface area contributed by atoms with E-state index in [1.54, 1.807) is 0 Å². The van der Waals surface area contributed by atoms with Crippen LogP contribution in [0.25, 0.3) is 0 Å². The number of methoxy groups -OCH3 is 1. The van der Waals surface area contributed by atoms with Gasteiger partial charge in [-0.05, 0) is 38.0 Å². The van der Waals surface area contributed by atoms with Crippen molar-refractivity contribution in [3.05, 3.63) is 0 Å². The first-order valence-electron chi connectivity index (χ1n) is 8.12. The van der Waals surface area contributed by atoms with Crippen molar-refractivity contribution >= 4 is 12.0 Å². The summed E-state index contributed by atoms with van der Waals surface area (Å²) < 4.78 is 4.66. The molecule has 1 N–H and O–H groups in total. The molecule has 1 aliphatic heterocycles. The van der Waals surface area contributed by atoms with Gasteiger partial charge in [-0.25, -0.2) is 4.79 Å². The zero-order valence-corrected chi connectivity index (χ0v) is 13.6. The summed E-state index contributed by atoms with van der Waals surface area (Å²) in [7, 11) is 1.33.